The topological polar surface area (TPSA) is 86.2 Å². The first-order valence-electron chi connectivity index (χ1n) is 7.24. The van der Waals surface area contributed by atoms with Crippen LogP contribution in [0.1, 0.15) is 5.76 Å². The summed E-state index contributed by atoms with van der Waals surface area (Å²) in [6.45, 7) is 0. The predicted octanol–water partition coefficient (Wildman–Crippen LogP) is 4.09. The zero-order valence-electron chi connectivity index (χ0n) is 13.4. The molecule has 0 aliphatic carbocycles. The Balaban J connectivity index is 2.30. The van der Waals surface area contributed by atoms with Gasteiger partial charge in [-0.25, -0.2) is 26.7 Å². The number of rotatable bonds is 3. The summed E-state index contributed by atoms with van der Waals surface area (Å²) in [4.78, 5) is -0.945. The van der Waals surface area contributed by atoms with Gasteiger partial charge >= 0.3 is 6.18 Å². The third-order valence-electron chi connectivity index (χ3n) is 3.61. The van der Waals surface area contributed by atoms with Crippen LogP contribution in [0.2, 0.25) is 0 Å². The van der Waals surface area contributed by atoms with Crippen molar-refractivity contribution < 1.29 is 39.3 Å². The van der Waals surface area contributed by atoms with Crippen LogP contribution in [-0.4, -0.2) is 13.6 Å². The molecule has 0 fully saturated rings. The molecule has 0 amide bonds. The Labute approximate surface area is 153 Å². The second-order valence-electron chi connectivity index (χ2n) is 5.58. The van der Waals surface area contributed by atoms with Crippen molar-refractivity contribution in [2.75, 3.05) is 0 Å². The van der Waals surface area contributed by atoms with Crippen molar-refractivity contribution in [2.24, 2.45) is 5.14 Å². The van der Waals surface area contributed by atoms with Crippen molar-refractivity contribution in [3.8, 4) is 22.4 Å². The van der Waals surface area contributed by atoms with Crippen molar-refractivity contribution in [3.63, 3.8) is 0 Å². The van der Waals surface area contributed by atoms with Crippen LogP contribution >= 0.6 is 0 Å². The van der Waals surface area contributed by atoms with Gasteiger partial charge in [0.15, 0.2) is 0 Å². The van der Waals surface area contributed by atoms with E-state index < -0.39 is 66.7 Å². The van der Waals surface area contributed by atoms with E-state index in [4.69, 9.17) is 5.14 Å². The Kier molecular flexibility index (Phi) is 4.71. The van der Waals surface area contributed by atoms with Gasteiger partial charge < -0.3 is 4.52 Å². The summed E-state index contributed by atoms with van der Waals surface area (Å²) < 4.78 is 108. The van der Waals surface area contributed by atoms with Gasteiger partial charge in [0, 0.05) is 11.6 Å². The fraction of sp³-hybridized carbons (Fsp3) is 0.0625. The molecule has 2 aromatic carbocycles. The highest BCUT2D eigenvalue weighted by molar-refractivity contribution is 7.89. The lowest BCUT2D eigenvalue weighted by Crippen LogP contribution is -2.14. The second kappa shape index (κ2) is 6.63. The SMILES string of the molecule is NS(=O)(=O)c1ccc(-c2c(-c3cc(F)cc(F)c3)noc2C(F)(F)F)cc1F. The van der Waals surface area contributed by atoms with E-state index in [9.17, 15) is 34.8 Å². The minimum absolute atomic E-state index is 0.400. The van der Waals surface area contributed by atoms with E-state index in [2.05, 4.69) is 9.68 Å². The normalized spacial score (nSPS) is 12.4. The Morgan fingerprint density at radius 2 is 1.54 bits per heavy atom. The average molecular weight is 422 g/mol. The van der Waals surface area contributed by atoms with Crippen LogP contribution in [0.5, 0.6) is 0 Å². The number of halogens is 6. The van der Waals surface area contributed by atoms with Gasteiger partial charge in [0.1, 0.15) is 28.0 Å². The number of alkyl halides is 3. The summed E-state index contributed by atoms with van der Waals surface area (Å²) in [6.07, 6.45) is -5.08. The summed E-state index contributed by atoms with van der Waals surface area (Å²) in [6, 6.07) is 3.88. The number of benzene rings is 2. The van der Waals surface area contributed by atoms with E-state index in [1.54, 1.807) is 0 Å². The second-order valence-corrected chi connectivity index (χ2v) is 7.11. The van der Waals surface area contributed by atoms with Gasteiger partial charge in [-0.3, -0.25) is 0 Å². The van der Waals surface area contributed by atoms with Gasteiger partial charge in [-0.05, 0) is 29.8 Å². The third kappa shape index (κ3) is 3.73. The zero-order chi connectivity index (χ0) is 20.9. The first-order chi connectivity index (χ1) is 12.9. The number of primary sulfonamides is 1. The number of sulfonamides is 1. The van der Waals surface area contributed by atoms with Crippen molar-refractivity contribution in [1.29, 1.82) is 0 Å². The summed E-state index contributed by atoms with van der Waals surface area (Å²) >= 11 is 0. The number of nitrogens with zero attached hydrogens (tertiary/aromatic N) is 1. The van der Waals surface area contributed by atoms with E-state index in [0.717, 1.165) is 6.07 Å². The summed E-state index contributed by atoms with van der Waals surface area (Å²) in [5, 5.41) is 8.04. The highest BCUT2D eigenvalue weighted by atomic mass is 32.2. The van der Waals surface area contributed by atoms with Crippen LogP contribution in [0.3, 0.4) is 0 Å². The van der Waals surface area contributed by atoms with Crippen LogP contribution in [0.4, 0.5) is 26.3 Å². The van der Waals surface area contributed by atoms with Crippen LogP contribution in [-0.2, 0) is 16.2 Å². The predicted molar refractivity (Wildman–Crippen MR) is 83.6 cm³/mol. The molecule has 3 aromatic rings. The van der Waals surface area contributed by atoms with Crippen molar-refractivity contribution in [1.82, 2.24) is 5.16 Å². The van der Waals surface area contributed by atoms with Crippen molar-refractivity contribution in [3.05, 3.63) is 59.6 Å². The largest absolute Gasteiger partial charge is 0.453 e. The number of hydrogen-bond acceptors (Lipinski definition) is 4. The molecule has 0 saturated heterocycles. The summed E-state index contributed by atoms with van der Waals surface area (Å²) in [5.41, 5.74) is -2.33. The van der Waals surface area contributed by atoms with E-state index in [1.165, 1.54) is 0 Å². The fourth-order valence-corrected chi connectivity index (χ4v) is 3.11. The molecule has 0 radical (unpaired) electrons. The molecule has 0 aliphatic heterocycles. The smallest absolute Gasteiger partial charge is 0.350 e. The fourth-order valence-electron chi connectivity index (χ4n) is 2.53. The molecule has 5 nitrogen and oxygen atoms in total. The lowest BCUT2D eigenvalue weighted by molar-refractivity contribution is -0.154. The van der Waals surface area contributed by atoms with E-state index in [0.29, 0.717) is 30.3 Å². The number of hydrogen-bond donors (Lipinski definition) is 1. The molecule has 0 bridgehead atoms. The standard InChI is InChI=1S/C16H8F6N2O3S/c17-9-3-8(4-10(18)6-9)14-13(15(27-24-14)16(20,21)22)7-1-2-12(11(19)5-7)28(23,25)26/h1-6H,(H2,23,25,26). The first-order valence-corrected chi connectivity index (χ1v) is 8.78. The maximum absolute atomic E-state index is 14.1. The van der Waals surface area contributed by atoms with Crippen LogP contribution in [0.15, 0.2) is 45.8 Å². The monoisotopic (exact) mass is 422 g/mol. The lowest BCUT2D eigenvalue weighted by atomic mass is 9.98. The van der Waals surface area contributed by atoms with Gasteiger partial charge in [0.25, 0.3) is 0 Å². The van der Waals surface area contributed by atoms with Gasteiger partial charge in [0.2, 0.25) is 15.8 Å². The van der Waals surface area contributed by atoms with E-state index in [1.807, 2.05) is 0 Å². The van der Waals surface area contributed by atoms with Gasteiger partial charge in [0.05, 0.1) is 5.56 Å². The lowest BCUT2D eigenvalue weighted by Gasteiger charge is -2.09. The quantitative estimate of drug-likeness (QED) is 0.645. The minimum atomic E-state index is -5.08. The molecule has 12 heteroatoms. The molecular weight excluding hydrogens is 414 g/mol. The molecule has 2 N–H and O–H groups in total. The molecule has 0 atom stereocenters. The van der Waals surface area contributed by atoms with Gasteiger partial charge in [-0.1, -0.05) is 11.2 Å². The minimum Gasteiger partial charge on any atom is -0.350 e. The van der Waals surface area contributed by atoms with Gasteiger partial charge in [-0.15, -0.1) is 0 Å². The molecule has 28 heavy (non-hydrogen) atoms. The number of aromatic nitrogens is 1. The molecule has 0 unspecified atom stereocenters. The summed E-state index contributed by atoms with van der Waals surface area (Å²) in [7, 11) is -4.47. The highest BCUT2D eigenvalue weighted by Crippen LogP contribution is 2.43. The molecule has 3 rings (SSSR count). The van der Waals surface area contributed by atoms with Crippen LogP contribution in [0, 0.1) is 17.5 Å². The van der Waals surface area contributed by atoms with Crippen molar-refractivity contribution in [2.45, 2.75) is 11.1 Å². The maximum Gasteiger partial charge on any atom is 0.453 e. The van der Waals surface area contributed by atoms with Crippen molar-refractivity contribution >= 4 is 10.0 Å². The summed E-state index contributed by atoms with van der Waals surface area (Å²) in [5.74, 6) is -5.26. The molecule has 0 saturated carbocycles. The zero-order valence-corrected chi connectivity index (χ0v) is 14.2. The Morgan fingerprint density at radius 3 is 2.04 bits per heavy atom. The Morgan fingerprint density at radius 1 is 0.929 bits per heavy atom. The van der Waals surface area contributed by atoms with Crippen LogP contribution in [0.25, 0.3) is 22.4 Å². The third-order valence-corrected chi connectivity index (χ3v) is 4.56. The van der Waals surface area contributed by atoms with Crippen LogP contribution < -0.4 is 5.14 Å². The molecule has 0 spiro atoms. The molecule has 148 valence electrons. The van der Waals surface area contributed by atoms with E-state index in [-0.39, 0.29) is 0 Å². The highest BCUT2D eigenvalue weighted by Gasteiger charge is 2.41. The average Bonchev–Trinajstić information content (AvgIpc) is 2.97. The molecule has 0 aliphatic rings. The number of nitrogens with two attached hydrogens (primary N) is 1. The first kappa shape index (κ1) is 19.9. The molecule has 1 aromatic heterocycles. The molecule has 1 heterocycles. The molecular formula is C16H8F6N2O3S. The van der Waals surface area contributed by atoms with Gasteiger partial charge in [-0.2, -0.15) is 13.2 Å². The Hall–Kier alpha value is -2.86. The maximum atomic E-state index is 14.1. The Bertz CT molecular complexity index is 1150. The van der Waals surface area contributed by atoms with E-state index >= 15 is 0 Å².